The van der Waals surface area contributed by atoms with E-state index in [9.17, 15) is 5.11 Å². The number of rotatable bonds is 2. The Morgan fingerprint density at radius 2 is 2.23 bits per heavy atom. The third-order valence-corrected chi connectivity index (χ3v) is 6.39. The van der Waals surface area contributed by atoms with Crippen molar-refractivity contribution in [1.82, 2.24) is 4.90 Å². The first kappa shape index (κ1) is 14.4. The van der Waals surface area contributed by atoms with Crippen LogP contribution in [0.4, 0.5) is 0 Å². The minimum Gasteiger partial charge on any atom is -0.504 e. The number of halogens is 1. The second kappa shape index (κ2) is 5.44. The molecule has 2 aliphatic heterocycles. The fourth-order valence-electron chi connectivity index (χ4n) is 3.66. The molecule has 0 amide bonds. The predicted octanol–water partition coefficient (Wildman–Crippen LogP) is 3.86. The van der Waals surface area contributed by atoms with Crippen molar-refractivity contribution in [2.24, 2.45) is 0 Å². The highest BCUT2D eigenvalue weighted by Gasteiger charge is 2.33. The van der Waals surface area contributed by atoms with Crippen molar-refractivity contribution in [3.8, 4) is 11.5 Å². The number of phenols is 1. The van der Waals surface area contributed by atoms with Gasteiger partial charge in [0.15, 0.2) is 11.5 Å². The molecular weight excluding hydrogens is 318 g/mol. The van der Waals surface area contributed by atoms with E-state index in [0.717, 1.165) is 25.9 Å². The van der Waals surface area contributed by atoms with Gasteiger partial charge in [-0.1, -0.05) is 0 Å². The Morgan fingerprint density at radius 1 is 1.36 bits per heavy atom. The molecule has 0 fully saturated rings. The van der Waals surface area contributed by atoms with Crippen LogP contribution in [0, 0.1) is 0 Å². The van der Waals surface area contributed by atoms with Gasteiger partial charge in [-0.15, -0.1) is 22.9 Å². The zero-order chi connectivity index (χ0) is 15.3. The monoisotopic (exact) mass is 335 g/mol. The molecule has 0 saturated heterocycles. The van der Waals surface area contributed by atoms with Gasteiger partial charge in [-0.3, -0.25) is 4.90 Å². The lowest BCUT2D eigenvalue weighted by Gasteiger charge is -2.40. The molecular formula is C17H18ClNO2S. The first-order chi connectivity index (χ1) is 10.7. The molecule has 0 saturated carbocycles. The van der Waals surface area contributed by atoms with E-state index in [4.69, 9.17) is 16.3 Å². The molecule has 0 radical (unpaired) electrons. The Hall–Kier alpha value is -1.23. The molecule has 0 bridgehead atoms. The summed E-state index contributed by atoms with van der Waals surface area (Å²) in [6.07, 6.45) is 2.01. The Morgan fingerprint density at radius 3 is 3.00 bits per heavy atom. The van der Waals surface area contributed by atoms with Crippen LogP contribution in [0.3, 0.4) is 0 Å². The average Bonchev–Trinajstić information content (AvgIpc) is 2.94. The molecule has 1 N–H and O–H groups in total. The lowest BCUT2D eigenvalue weighted by atomic mass is 9.86. The summed E-state index contributed by atoms with van der Waals surface area (Å²) in [7, 11) is 1.60. The molecule has 1 aromatic carbocycles. The van der Waals surface area contributed by atoms with E-state index in [1.165, 1.54) is 26.4 Å². The number of nitrogens with zero attached hydrogens (tertiary/aromatic N) is 1. The second-order valence-corrected chi connectivity index (χ2v) is 7.45. The largest absolute Gasteiger partial charge is 0.504 e. The quantitative estimate of drug-likeness (QED) is 0.846. The normalized spacial score (nSPS) is 20.2. The molecule has 3 nitrogen and oxygen atoms in total. The van der Waals surface area contributed by atoms with Gasteiger partial charge in [0.05, 0.1) is 13.0 Å². The van der Waals surface area contributed by atoms with E-state index in [-0.39, 0.29) is 5.75 Å². The van der Waals surface area contributed by atoms with Gasteiger partial charge in [0, 0.05) is 35.3 Å². The molecule has 4 rings (SSSR count). The van der Waals surface area contributed by atoms with Gasteiger partial charge in [0.2, 0.25) is 0 Å². The lowest BCUT2D eigenvalue weighted by molar-refractivity contribution is 0.162. The topological polar surface area (TPSA) is 32.7 Å². The van der Waals surface area contributed by atoms with Gasteiger partial charge in [0.1, 0.15) is 0 Å². The van der Waals surface area contributed by atoms with Crippen LogP contribution in [0.2, 0.25) is 0 Å². The fraction of sp³-hybridized carbons (Fsp3) is 0.412. The molecule has 1 aromatic heterocycles. The molecule has 116 valence electrons. The van der Waals surface area contributed by atoms with E-state index in [1.807, 2.05) is 23.5 Å². The minimum atomic E-state index is 0.238. The molecule has 3 heterocycles. The lowest BCUT2D eigenvalue weighted by Crippen LogP contribution is -2.38. The maximum atomic E-state index is 10.1. The summed E-state index contributed by atoms with van der Waals surface area (Å²) in [5.74, 6) is 1.41. The number of ether oxygens (including phenoxy) is 1. The first-order valence-corrected chi connectivity index (χ1v) is 8.85. The van der Waals surface area contributed by atoms with Crippen molar-refractivity contribution in [1.29, 1.82) is 0 Å². The average molecular weight is 336 g/mol. The van der Waals surface area contributed by atoms with Crippen molar-refractivity contribution >= 4 is 22.9 Å². The molecule has 1 atom stereocenters. The van der Waals surface area contributed by atoms with Crippen molar-refractivity contribution in [2.75, 3.05) is 13.7 Å². The summed E-state index contributed by atoms with van der Waals surface area (Å²) in [5, 5.41) is 10.1. The number of phenolic OH excluding ortho intramolecular Hbond substituents is 1. The van der Waals surface area contributed by atoms with Crippen LogP contribution in [0.5, 0.6) is 11.5 Å². The van der Waals surface area contributed by atoms with E-state index in [0.29, 0.717) is 17.7 Å². The molecule has 22 heavy (non-hydrogen) atoms. The summed E-state index contributed by atoms with van der Waals surface area (Å²) < 4.78 is 5.25. The maximum Gasteiger partial charge on any atom is 0.160 e. The predicted molar refractivity (Wildman–Crippen MR) is 89.1 cm³/mol. The van der Waals surface area contributed by atoms with E-state index < -0.39 is 0 Å². The Balaban J connectivity index is 1.74. The number of aromatic hydroxyl groups is 1. The van der Waals surface area contributed by atoms with Crippen LogP contribution >= 0.6 is 22.9 Å². The van der Waals surface area contributed by atoms with Crippen LogP contribution in [0.25, 0.3) is 0 Å². The maximum absolute atomic E-state index is 10.1. The van der Waals surface area contributed by atoms with E-state index >= 15 is 0 Å². The summed E-state index contributed by atoms with van der Waals surface area (Å²) in [5.41, 5.74) is 3.97. The number of benzene rings is 1. The fourth-order valence-corrected chi connectivity index (χ4v) is 4.97. The Bertz CT molecular complexity index is 728. The Labute approximate surface area is 139 Å². The van der Waals surface area contributed by atoms with Crippen LogP contribution in [0.15, 0.2) is 18.2 Å². The second-order valence-electron chi connectivity index (χ2n) is 5.96. The third kappa shape index (κ3) is 2.21. The summed E-state index contributed by atoms with van der Waals surface area (Å²) in [4.78, 5) is 5.21. The zero-order valence-electron chi connectivity index (χ0n) is 12.4. The van der Waals surface area contributed by atoms with Crippen LogP contribution < -0.4 is 4.74 Å². The standard InChI is InChI=1S/C17H18ClNO2S/c1-21-16-5-10-2-3-19-9-11-4-12(8-18)22-17(11)7-14(19)13(10)6-15(16)20/h4-6,14,20H,2-3,7-9H2,1H3. The summed E-state index contributed by atoms with van der Waals surface area (Å²) in [6, 6.07) is 6.50. The Kier molecular flexibility index (Phi) is 3.56. The van der Waals surface area contributed by atoms with E-state index in [1.54, 1.807) is 7.11 Å². The number of hydrogen-bond acceptors (Lipinski definition) is 4. The molecule has 1 unspecified atom stereocenters. The first-order valence-electron chi connectivity index (χ1n) is 7.50. The molecule has 0 aliphatic carbocycles. The number of alkyl halides is 1. The molecule has 2 aromatic rings. The summed E-state index contributed by atoms with van der Waals surface area (Å²) in [6.45, 7) is 2.04. The number of thiophene rings is 1. The van der Waals surface area contributed by atoms with Crippen molar-refractivity contribution in [2.45, 2.75) is 31.3 Å². The SMILES string of the molecule is COc1cc2c(cc1O)C1Cc3sc(CCl)cc3CN1CC2. The van der Waals surface area contributed by atoms with Gasteiger partial charge in [-0.05, 0) is 41.3 Å². The molecule has 5 heteroatoms. The highest BCUT2D eigenvalue weighted by atomic mass is 35.5. The zero-order valence-corrected chi connectivity index (χ0v) is 14.0. The smallest absolute Gasteiger partial charge is 0.160 e. The van der Waals surface area contributed by atoms with Crippen LogP contribution in [0.1, 0.15) is 32.5 Å². The summed E-state index contributed by atoms with van der Waals surface area (Å²) >= 11 is 7.82. The number of fused-ring (bicyclic) bond motifs is 4. The molecule has 2 aliphatic rings. The van der Waals surface area contributed by atoms with Crippen LogP contribution in [-0.4, -0.2) is 23.7 Å². The van der Waals surface area contributed by atoms with Gasteiger partial charge >= 0.3 is 0 Å². The highest BCUT2D eigenvalue weighted by molar-refractivity contribution is 7.12. The van der Waals surface area contributed by atoms with Gasteiger partial charge in [0.25, 0.3) is 0 Å². The van der Waals surface area contributed by atoms with Crippen molar-refractivity contribution in [3.63, 3.8) is 0 Å². The number of methoxy groups -OCH3 is 1. The number of hydrogen-bond donors (Lipinski definition) is 1. The van der Waals surface area contributed by atoms with Gasteiger partial charge in [-0.2, -0.15) is 0 Å². The third-order valence-electron chi connectivity index (χ3n) is 4.74. The minimum absolute atomic E-state index is 0.238. The van der Waals surface area contributed by atoms with Crippen molar-refractivity contribution in [3.05, 3.63) is 44.6 Å². The van der Waals surface area contributed by atoms with Gasteiger partial charge < -0.3 is 9.84 Å². The van der Waals surface area contributed by atoms with Crippen LogP contribution in [-0.2, 0) is 25.3 Å². The van der Waals surface area contributed by atoms with Gasteiger partial charge in [-0.25, -0.2) is 0 Å². The highest BCUT2D eigenvalue weighted by Crippen LogP contribution is 2.43. The van der Waals surface area contributed by atoms with Crippen molar-refractivity contribution < 1.29 is 9.84 Å². The molecule has 0 spiro atoms. The van der Waals surface area contributed by atoms with E-state index in [2.05, 4.69) is 11.0 Å².